The van der Waals surface area contributed by atoms with E-state index in [9.17, 15) is 0 Å². The molecule has 8 nitrogen and oxygen atoms in total. The van der Waals surface area contributed by atoms with Crippen molar-refractivity contribution in [1.82, 2.24) is 30.1 Å². The van der Waals surface area contributed by atoms with Crippen LogP contribution in [-0.4, -0.2) is 37.4 Å². The van der Waals surface area contributed by atoms with Gasteiger partial charge in [-0.3, -0.25) is 5.10 Å². The summed E-state index contributed by atoms with van der Waals surface area (Å²) in [5.74, 6) is 2.65. The lowest BCUT2D eigenvalue weighted by Crippen LogP contribution is -2.27. The molecule has 0 aromatic carbocycles. The van der Waals surface area contributed by atoms with Crippen LogP contribution in [0.2, 0.25) is 0 Å². The van der Waals surface area contributed by atoms with Crippen LogP contribution in [0.15, 0.2) is 55.2 Å². The number of H-pyrrole nitrogens is 1. The lowest BCUT2D eigenvalue weighted by Gasteiger charge is -2.15. The highest BCUT2D eigenvalue weighted by Crippen LogP contribution is 2.42. The first-order valence-electron chi connectivity index (χ1n) is 9.15. The van der Waals surface area contributed by atoms with Gasteiger partial charge in [-0.25, -0.2) is 0 Å². The molecule has 0 radical (unpaired) electrons. The highest BCUT2D eigenvalue weighted by atomic mass is 16.5. The minimum absolute atomic E-state index is 0.418. The third-order valence-electron chi connectivity index (χ3n) is 5.06. The van der Waals surface area contributed by atoms with Crippen LogP contribution in [0.4, 0.5) is 5.82 Å². The molecule has 0 saturated heterocycles. The molecule has 3 aromatic rings. The first-order valence-corrected chi connectivity index (χ1v) is 9.15. The van der Waals surface area contributed by atoms with Crippen molar-refractivity contribution in [1.29, 1.82) is 0 Å². The highest BCUT2D eigenvalue weighted by molar-refractivity contribution is 5.51. The number of aromatic nitrogens is 5. The molecule has 0 amide bonds. The quantitative estimate of drug-likeness (QED) is 0.596. The molecule has 1 fully saturated rings. The monoisotopic (exact) mass is 363 g/mol. The molecule has 1 aliphatic carbocycles. The Morgan fingerprint density at radius 2 is 2.33 bits per heavy atom. The molecular weight excluding hydrogens is 342 g/mol. The second-order valence-electron chi connectivity index (χ2n) is 6.95. The molecule has 138 valence electrons. The normalized spacial score (nSPS) is 23.3. The van der Waals surface area contributed by atoms with Gasteiger partial charge in [-0.05, 0) is 30.5 Å². The third-order valence-corrected chi connectivity index (χ3v) is 5.06. The molecule has 1 unspecified atom stereocenters. The summed E-state index contributed by atoms with van der Waals surface area (Å²) in [6, 6.07) is 4.19. The number of ether oxygens (including phenoxy) is 1. The van der Waals surface area contributed by atoms with E-state index >= 15 is 0 Å². The van der Waals surface area contributed by atoms with Crippen LogP contribution in [0.5, 0.6) is 5.88 Å². The summed E-state index contributed by atoms with van der Waals surface area (Å²) in [6.45, 7) is 1.33. The van der Waals surface area contributed by atoms with Gasteiger partial charge in [0.1, 0.15) is 5.82 Å². The number of aromatic amines is 1. The largest absolute Gasteiger partial charge is 0.477 e. The van der Waals surface area contributed by atoms with Crippen molar-refractivity contribution in [2.24, 2.45) is 11.8 Å². The molecule has 0 bridgehead atoms. The van der Waals surface area contributed by atoms with Gasteiger partial charge in [0.25, 0.3) is 0 Å². The molecule has 1 saturated carbocycles. The maximum atomic E-state index is 6.03. The molecule has 8 heteroatoms. The third kappa shape index (κ3) is 3.38. The van der Waals surface area contributed by atoms with E-state index in [0.29, 0.717) is 36.9 Å². The molecule has 0 spiro atoms. The number of rotatable bonds is 7. The van der Waals surface area contributed by atoms with Crippen LogP contribution in [-0.2, 0) is 6.54 Å². The maximum absolute atomic E-state index is 6.03. The summed E-state index contributed by atoms with van der Waals surface area (Å²) >= 11 is 0. The predicted octanol–water partition coefficient (Wildman–Crippen LogP) is 2.12. The molecule has 3 N–H and O–H groups in total. The van der Waals surface area contributed by atoms with Crippen LogP contribution >= 0.6 is 0 Å². The number of hydrogen-bond acceptors (Lipinski definition) is 6. The summed E-state index contributed by atoms with van der Waals surface area (Å²) in [4.78, 5) is 4.56. The van der Waals surface area contributed by atoms with Gasteiger partial charge in [-0.1, -0.05) is 12.2 Å². The van der Waals surface area contributed by atoms with Crippen molar-refractivity contribution in [3.05, 3.63) is 60.7 Å². The number of allylic oxidation sites excluding steroid dienone is 2. The second kappa shape index (κ2) is 6.79. The average molecular weight is 363 g/mol. The molecule has 3 aromatic heterocycles. The number of anilines is 1. The first-order chi connectivity index (χ1) is 13.4. The number of nitrogens with one attached hydrogen (secondary N) is 3. The standard InChI is InChI=1S/C19H21N7O/c1-2-5-20-16(3-1)15-7-14(15)12-27-19-8-18(21-9-13-10-22-23-11-13)26-17(25-19)4-6-24-26/h1-6,8,10-11,14-16,20-21H,7,9,12H2,(H,22,23)/t14-,15?,16-/m0/s1. The van der Waals surface area contributed by atoms with Crippen LogP contribution in [0, 0.1) is 11.8 Å². The van der Waals surface area contributed by atoms with Gasteiger partial charge in [0.05, 0.1) is 19.0 Å². The minimum atomic E-state index is 0.418. The van der Waals surface area contributed by atoms with E-state index in [1.54, 1.807) is 16.9 Å². The van der Waals surface area contributed by atoms with Crippen molar-refractivity contribution >= 4 is 11.5 Å². The summed E-state index contributed by atoms with van der Waals surface area (Å²) in [5.41, 5.74) is 1.83. The SMILES string of the molecule is C1=CN[C@H](C2C[C@H]2COc2cc(NCc3cn[nH]c3)n3nccc3n2)C=C1. The van der Waals surface area contributed by atoms with Gasteiger partial charge in [0, 0.05) is 36.5 Å². The lowest BCUT2D eigenvalue weighted by atomic mass is 10.1. The second-order valence-corrected chi connectivity index (χ2v) is 6.95. The van der Waals surface area contributed by atoms with Crippen LogP contribution in [0.3, 0.4) is 0 Å². The van der Waals surface area contributed by atoms with Crippen molar-refractivity contribution in [3.63, 3.8) is 0 Å². The van der Waals surface area contributed by atoms with Crippen molar-refractivity contribution in [2.75, 3.05) is 11.9 Å². The topological polar surface area (TPSA) is 92.2 Å². The van der Waals surface area contributed by atoms with Gasteiger partial charge in [0.2, 0.25) is 5.88 Å². The molecule has 1 aliphatic heterocycles. The van der Waals surface area contributed by atoms with E-state index in [-0.39, 0.29) is 0 Å². The number of fused-ring (bicyclic) bond motifs is 1. The Bertz CT molecular complexity index is 975. The fourth-order valence-corrected chi connectivity index (χ4v) is 3.48. The van der Waals surface area contributed by atoms with Crippen LogP contribution in [0.25, 0.3) is 5.65 Å². The van der Waals surface area contributed by atoms with E-state index in [0.717, 1.165) is 17.0 Å². The van der Waals surface area contributed by atoms with Gasteiger partial charge in [-0.2, -0.15) is 19.7 Å². The zero-order valence-electron chi connectivity index (χ0n) is 14.7. The lowest BCUT2D eigenvalue weighted by molar-refractivity contribution is 0.278. The van der Waals surface area contributed by atoms with E-state index in [2.05, 4.69) is 43.1 Å². The average Bonchev–Trinajstić information content (AvgIpc) is 3.07. The Labute approximate surface area is 156 Å². The van der Waals surface area contributed by atoms with E-state index in [1.165, 1.54) is 6.42 Å². The number of dihydropyridines is 1. The number of hydrogen-bond donors (Lipinski definition) is 3. The van der Waals surface area contributed by atoms with Gasteiger partial charge in [-0.15, -0.1) is 0 Å². The molecule has 27 heavy (non-hydrogen) atoms. The Morgan fingerprint density at radius 1 is 1.33 bits per heavy atom. The van der Waals surface area contributed by atoms with Gasteiger partial charge >= 0.3 is 0 Å². The first kappa shape index (κ1) is 15.9. The summed E-state index contributed by atoms with van der Waals surface area (Å²) in [6.07, 6.45) is 14.9. The smallest absolute Gasteiger partial charge is 0.219 e. The Balaban J connectivity index is 1.25. The van der Waals surface area contributed by atoms with Gasteiger partial charge < -0.3 is 15.4 Å². The Kier molecular flexibility index (Phi) is 4.00. The zero-order valence-corrected chi connectivity index (χ0v) is 14.7. The van der Waals surface area contributed by atoms with Crippen molar-refractivity contribution < 1.29 is 4.74 Å². The Morgan fingerprint density at radius 3 is 3.19 bits per heavy atom. The molecule has 2 aliphatic rings. The van der Waals surface area contributed by atoms with E-state index < -0.39 is 0 Å². The minimum Gasteiger partial charge on any atom is -0.477 e. The summed E-state index contributed by atoms with van der Waals surface area (Å²) in [7, 11) is 0. The van der Waals surface area contributed by atoms with Crippen molar-refractivity contribution in [2.45, 2.75) is 19.0 Å². The molecular formula is C19H21N7O. The van der Waals surface area contributed by atoms with Crippen molar-refractivity contribution in [3.8, 4) is 5.88 Å². The fraction of sp³-hybridized carbons (Fsp3) is 0.316. The van der Waals surface area contributed by atoms with Crippen LogP contribution in [0.1, 0.15) is 12.0 Å². The zero-order chi connectivity index (χ0) is 18.1. The highest BCUT2D eigenvalue weighted by Gasteiger charge is 2.42. The predicted molar refractivity (Wildman–Crippen MR) is 101 cm³/mol. The summed E-state index contributed by atoms with van der Waals surface area (Å²) in [5, 5.41) is 17.9. The molecule has 3 atom stereocenters. The molecule has 4 heterocycles. The molecule has 5 rings (SSSR count). The fourth-order valence-electron chi connectivity index (χ4n) is 3.48. The number of nitrogens with zero attached hydrogens (tertiary/aromatic N) is 4. The van der Waals surface area contributed by atoms with Gasteiger partial charge in [0.15, 0.2) is 5.65 Å². The Hall–Kier alpha value is -3.29. The maximum Gasteiger partial charge on any atom is 0.219 e. The van der Waals surface area contributed by atoms with E-state index in [4.69, 9.17) is 4.74 Å². The van der Waals surface area contributed by atoms with E-state index in [1.807, 2.05) is 30.6 Å². The summed E-state index contributed by atoms with van der Waals surface area (Å²) < 4.78 is 7.80. The van der Waals surface area contributed by atoms with Crippen LogP contribution < -0.4 is 15.4 Å².